The Kier molecular flexibility index (Phi) is 3.34. The topological polar surface area (TPSA) is 25.5 Å². The molecule has 1 aromatic heterocycles. The highest BCUT2D eigenvalue weighted by Crippen LogP contribution is 2.51. The normalized spacial score (nSPS) is 21.9. The standard InChI is InChI=1S/C21H17NOS/c1-2-7-15-14(6-1)11-12-16-20(15)22-17-8-3-4-10-19(17)24-21(16)18-9-5-13-23-18/h1-10,13,16,21H,11-12H2/t16-,21-/m0/s1. The number of aryl methyl sites for hydroxylation is 1. The summed E-state index contributed by atoms with van der Waals surface area (Å²) in [6.45, 7) is 0. The Hall–Kier alpha value is -2.26. The first-order valence-corrected chi connectivity index (χ1v) is 9.24. The van der Waals surface area contributed by atoms with Gasteiger partial charge in [-0.3, -0.25) is 4.99 Å². The molecule has 2 atom stereocenters. The molecule has 0 amide bonds. The van der Waals surface area contributed by atoms with E-state index in [1.165, 1.54) is 21.7 Å². The van der Waals surface area contributed by atoms with Gasteiger partial charge in [0, 0.05) is 10.8 Å². The quantitative estimate of drug-likeness (QED) is 0.562. The van der Waals surface area contributed by atoms with Crippen molar-refractivity contribution in [3.8, 4) is 0 Å². The summed E-state index contributed by atoms with van der Waals surface area (Å²) in [5.41, 5.74) is 5.02. The average molecular weight is 331 g/mol. The molecule has 2 heterocycles. The second-order valence-corrected chi connectivity index (χ2v) is 7.50. The zero-order chi connectivity index (χ0) is 15.9. The van der Waals surface area contributed by atoms with Crippen molar-refractivity contribution in [3.05, 3.63) is 83.8 Å². The van der Waals surface area contributed by atoms with E-state index in [1.807, 2.05) is 17.8 Å². The van der Waals surface area contributed by atoms with Gasteiger partial charge in [-0.2, -0.15) is 0 Å². The molecule has 0 N–H and O–H groups in total. The van der Waals surface area contributed by atoms with E-state index in [9.17, 15) is 0 Å². The van der Waals surface area contributed by atoms with Crippen LogP contribution >= 0.6 is 11.8 Å². The molecule has 1 aliphatic carbocycles. The number of fused-ring (bicyclic) bond motifs is 4. The lowest BCUT2D eigenvalue weighted by Gasteiger charge is -2.30. The van der Waals surface area contributed by atoms with Crippen LogP contribution < -0.4 is 0 Å². The molecule has 3 heteroatoms. The first-order valence-electron chi connectivity index (χ1n) is 8.36. The van der Waals surface area contributed by atoms with Crippen molar-refractivity contribution in [3.63, 3.8) is 0 Å². The highest BCUT2D eigenvalue weighted by Gasteiger charge is 2.37. The lowest BCUT2D eigenvalue weighted by atomic mass is 9.79. The summed E-state index contributed by atoms with van der Waals surface area (Å²) in [7, 11) is 0. The van der Waals surface area contributed by atoms with Crippen molar-refractivity contribution in [1.29, 1.82) is 0 Å². The van der Waals surface area contributed by atoms with Crippen LogP contribution in [-0.2, 0) is 6.42 Å². The number of hydrogen-bond donors (Lipinski definition) is 0. The van der Waals surface area contributed by atoms with Crippen LogP contribution in [-0.4, -0.2) is 5.71 Å². The molecule has 0 saturated heterocycles. The van der Waals surface area contributed by atoms with Crippen LogP contribution in [0.15, 0.2) is 81.2 Å². The molecule has 5 rings (SSSR count). The molecule has 1 aliphatic heterocycles. The van der Waals surface area contributed by atoms with E-state index in [0.717, 1.165) is 24.3 Å². The van der Waals surface area contributed by atoms with Gasteiger partial charge in [0.15, 0.2) is 0 Å². The summed E-state index contributed by atoms with van der Waals surface area (Å²) in [5, 5.41) is 0.274. The van der Waals surface area contributed by atoms with E-state index in [-0.39, 0.29) is 5.25 Å². The van der Waals surface area contributed by atoms with Crippen LogP contribution in [0.2, 0.25) is 0 Å². The van der Waals surface area contributed by atoms with Crippen LogP contribution in [0.3, 0.4) is 0 Å². The van der Waals surface area contributed by atoms with Crippen molar-refractivity contribution in [2.45, 2.75) is 23.0 Å². The number of aliphatic imine (C=N–C) groups is 1. The van der Waals surface area contributed by atoms with Gasteiger partial charge < -0.3 is 4.42 Å². The first-order chi connectivity index (χ1) is 11.9. The summed E-state index contributed by atoms with van der Waals surface area (Å²) in [4.78, 5) is 6.35. The lowest BCUT2D eigenvalue weighted by Crippen LogP contribution is -2.26. The second kappa shape index (κ2) is 5.67. The fourth-order valence-electron chi connectivity index (χ4n) is 3.78. The maximum Gasteiger partial charge on any atom is 0.117 e. The largest absolute Gasteiger partial charge is 0.468 e. The van der Waals surface area contributed by atoms with Crippen molar-refractivity contribution >= 4 is 23.2 Å². The van der Waals surface area contributed by atoms with E-state index in [2.05, 4.69) is 54.6 Å². The Balaban J connectivity index is 1.73. The first kappa shape index (κ1) is 14.1. The molecule has 24 heavy (non-hydrogen) atoms. The zero-order valence-corrected chi connectivity index (χ0v) is 14.0. The second-order valence-electron chi connectivity index (χ2n) is 6.32. The molecule has 0 saturated carbocycles. The summed E-state index contributed by atoms with van der Waals surface area (Å²) >= 11 is 1.89. The van der Waals surface area contributed by atoms with Crippen molar-refractivity contribution < 1.29 is 4.42 Å². The van der Waals surface area contributed by atoms with E-state index in [4.69, 9.17) is 9.41 Å². The minimum atomic E-state index is 0.274. The predicted octanol–water partition coefficient (Wildman–Crippen LogP) is 5.81. The van der Waals surface area contributed by atoms with E-state index in [0.29, 0.717) is 5.92 Å². The van der Waals surface area contributed by atoms with Crippen LogP contribution in [0.1, 0.15) is 28.6 Å². The summed E-state index contributed by atoms with van der Waals surface area (Å²) in [6.07, 6.45) is 4.00. The number of thioether (sulfide) groups is 1. The number of benzene rings is 2. The monoisotopic (exact) mass is 331 g/mol. The van der Waals surface area contributed by atoms with Gasteiger partial charge in [-0.15, -0.1) is 11.8 Å². The Morgan fingerprint density at radius 2 is 1.83 bits per heavy atom. The fourth-order valence-corrected chi connectivity index (χ4v) is 5.13. The van der Waals surface area contributed by atoms with E-state index >= 15 is 0 Å². The Bertz CT molecular complexity index is 913. The lowest BCUT2D eigenvalue weighted by molar-refractivity contribution is 0.465. The molecule has 2 aliphatic rings. The predicted molar refractivity (Wildman–Crippen MR) is 98.2 cm³/mol. The van der Waals surface area contributed by atoms with Crippen molar-refractivity contribution in [2.75, 3.05) is 0 Å². The molecule has 3 aromatic rings. The molecule has 2 nitrogen and oxygen atoms in total. The van der Waals surface area contributed by atoms with Gasteiger partial charge in [0.1, 0.15) is 5.76 Å². The van der Waals surface area contributed by atoms with Gasteiger partial charge in [0.05, 0.1) is 22.9 Å². The van der Waals surface area contributed by atoms with Gasteiger partial charge in [0.2, 0.25) is 0 Å². The molecular formula is C21H17NOS. The van der Waals surface area contributed by atoms with Gasteiger partial charge >= 0.3 is 0 Å². The molecule has 0 unspecified atom stereocenters. The number of hydrogen-bond acceptors (Lipinski definition) is 3. The van der Waals surface area contributed by atoms with E-state index < -0.39 is 0 Å². The SMILES string of the molecule is c1coc([C@H]2Sc3ccccc3N=C3c4ccccc4CC[C@@H]32)c1. The van der Waals surface area contributed by atoms with Gasteiger partial charge in [-0.05, 0) is 48.2 Å². The number of nitrogens with zero attached hydrogens (tertiary/aromatic N) is 1. The number of para-hydroxylation sites is 1. The van der Waals surface area contributed by atoms with Gasteiger partial charge in [0.25, 0.3) is 0 Å². The van der Waals surface area contributed by atoms with Gasteiger partial charge in [-0.25, -0.2) is 0 Å². The Morgan fingerprint density at radius 3 is 2.75 bits per heavy atom. The van der Waals surface area contributed by atoms with Crippen molar-refractivity contribution in [1.82, 2.24) is 0 Å². The molecule has 0 spiro atoms. The maximum absolute atomic E-state index is 5.80. The van der Waals surface area contributed by atoms with Gasteiger partial charge in [-0.1, -0.05) is 36.4 Å². The van der Waals surface area contributed by atoms with Crippen LogP contribution in [0.5, 0.6) is 0 Å². The third kappa shape index (κ3) is 2.23. The fraction of sp³-hybridized carbons (Fsp3) is 0.190. The molecule has 0 radical (unpaired) electrons. The molecular weight excluding hydrogens is 314 g/mol. The highest BCUT2D eigenvalue weighted by atomic mass is 32.2. The highest BCUT2D eigenvalue weighted by molar-refractivity contribution is 7.99. The Labute approximate surface area is 145 Å². The minimum absolute atomic E-state index is 0.274. The number of furan rings is 1. The third-order valence-electron chi connectivity index (χ3n) is 4.92. The summed E-state index contributed by atoms with van der Waals surface area (Å²) in [6, 6.07) is 21.2. The Morgan fingerprint density at radius 1 is 0.958 bits per heavy atom. The van der Waals surface area contributed by atoms with E-state index in [1.54, 1.807) is 6.26 Å². The number of rotatable bonds is 1. The maximum atomic E-state index is 5.80. The summed E-state index contributed by atoms with van der Waals surface area (Å²) < 4.78 is 5.80. The van der Waals surface area contributed by atoms with Crippen molar-refractivity contribution in [2.24, 2.45) is 10.9 Å². The van der Waals surface area contributed by atoms with Crippen LogP contribution in [0, 0.1) is 5.92 Å². The molecule has 0 fully saturated rings. The minimum Gasteiger partial charge on any atom is -0.468 e. The zero-order valence-electron chi connectivity index (χ0n) is 13.2. The van der Waals surface area contributed by atoms with Crippen LogP contribution in [0.25, 0.3) is 0 Å². The summed E-state index contributed by atoms with van der Waals surface area (Å²) in [5.74, 6) is 1.43. The van der Waals surface area contributed by atoms with Crippen LogP contribution in [0.4, 0.5) is 5.69 Å². The average Bonchev–Trinajstić information content (AvgIpc) is 3.10. The molecule has 0 bridgehead atoms. The smallest absolute Gasteiger partial charge is 0.117 e. The molecule has 118 valence electrons. The molecule has 2 aromatic carbocycles. The third-order valence-corrected chi connectivity index (χ3v) is 6.33.